The SMILES string of the molecule is N#CCC[N+]12CC[N+](CCC#N)(CC1)CC2. The third-order valence-corrected chi connectivity index (χ3v) is 4.54. The van der Waals surface area contributed by atoms with E-state index in [0.717, 1.165) is 13.1 Å². The molecule has 0 aromatic rings. The Kier molecular flexibility index (Phi) is 3.14. The lowest BCUT2D eigenvalue weighted by Gasteiger charge is -2.55. The normalized spacial score (nSPS) is 36.6. The smallest absolute Gasteiger partial charge is 0.129 e. The van der Waals surface area contributed by atoms with Crippen molar-refractivity contribution >= 4 is 0 Å². The van der Waals surface area contributed by atoms with Crippen LogP contribution in [0.25, 0.3) is 0 Å². The summed E-state index contributed by atoms with van der Waals surface area (Å²) in [6, 6.07) is 4.54. The second-order valence-corrected chi connectivity index (χ2v) is 5.29. The van der Waals surface area contributed by atoms with Crippen LogP contribution in [0.2, 0.25) is 0 Å². The molecule has 0 amide bonds. The van der Waals surface area contributed by atoms with Gasteiger partial charge < -0.3 is 8.97 Å². The fourth-order valence-electron chi connectivity index (χ4n) is 3.19. The summed E-state index contributed by atoms with van der Waals surface area (Å²) in [5.74, 6) is 0. The topological polar surface area (TPSA) is 47.6 Å². The van der Waals surface area contributed by atoms with E-state index in [1.165, 1.54) is 48.2 Å². The lowest BCUT2D eigenvalue weighted by atomic mass is 10.1. The molecule has 0 radical (unpaired) electrons. The molecule has 86 valence electrons. The molecule has 0 saturated carbocycles. The summed E-state index contributed by atoms with van der Waals surface area (Å²) < 4.78 is 2.33. The molecule has 3 rings (SSSR count). The van der Waals surface area contributed by atoms with Crippen LogP contribution in [0.15, 0.2) is 0 Å². The van der Waals surface area contributed by atoms with Gasteiger partial charge in [-0.05, 0) is 0 Å². The van der Waals surface area contributed by atoms with Crippen molar-refractivity contribution in [3.63, 3.8) is 0 Å². The van der Waals surface area contributed by atoms with Crippen LogP contribution in [-0.2, 0) is 0 Å². The summed E-state index contributed by atoms with van der Waals surface area (Å²) in [7, 11) is 0. The molecule has 0 unspecified atom stereocenters. The van der Waals surface area contributed by atoms with Gasteiger partial charge >= 0.3 is 0 Å². The van der Waals surface area contributed by atoms with Crippen LogP contribution in [0.5, 0.6) is 0 Å². The molecule has 0 N–H and O–H groups in total. The van der Waals surface area contributed by atoms with E-state index in [-0.39, 0.29) is 0 Å². The number of piperazine rings is 3. The second-order valence-electron chi connectivity index (χ2n) is 5.29. The number of hydrogen-bond donors (Lipinski definition) is 0. The molecule has 3 aliphatic heterocycles. The Morgan fingerprint density at radius 3 is 1.25 bits per heavy atom. The molecule has 4 heteroatoms. The van der Waals surface area contributed by atoms with Gasteiger partial charge in [-0.3, -0.25) is 0 Å². The fourth-order valence-corrected chi connectivity index (χ4v) is 3.19. The summed E-state index contributed by atoms with van der Waals surface area (Å²) in [6.07, 6.45) is 1.39. The second kappa shape index (κ2) is 4.41. The minimum absolute atomic E-state index is 0.693. The first kappa shape index (κ1) is 11.4. The molecule has 0 atom stereocenters. The lowest BCUT2D eigenvalue weighted by molar-refractivity contribution is -1.08. The van der Waals surface area contributed by atoms with Crippen molar-refractivity contribution in [2.24, 2.45) is 0 Å². The molecule has 4 nitrogen and oxygen atoms in total. The molecule has 3 fully saturated rings. The Morgan fingerprint density at radius 1 is 0.688 bits per heavy atom. The van der Waals surface area contributed by atoms with Crippen LogP contribution in [0.4, 0.5) is 0 Å². The number of rotatable bonds is 4. The van der Waals surface area contributed by atoms with Gasteiger partial charge in [0.1, 0.15) is 39.3 Å². The maximum absolute atomic E-state index is 8.69. The van der Waals surface area contributed by atoms with Gasteiger partial charge in [0.2, 0.25) is 0 Å². The number of nitrogens with zero attached hydrogens (tertiary/aromatic N) is 4. The zero-order valence-corrected chi connectivity index (χ0v) is 9.86. The van der Waals surface area contributed by atoms with E-state index >= 15 is 0 Å². The minimum atomic E-state index is 0.693. The van der Waals surface area contributed by atoms with E-state index in [9.17, 15) is 0 Å². The van der Waals surface area contributed by atoms with Crippen molar-refractivity contribution in [2.75, 3.05) is 52.4 Å². The fraction of sp³-hybridized carbons (Fsp3) is 0.833. The molecular weight excluding hydrogens is 200 g/mol. The van der Waals surface area contributed by atoms with E-state index in [1.807, 2.05) is 0 Å². The summed E-state index contributed by atoms with van der Waals surface area (Å²) >= 11 is 0. The average molecular weight is 220 g/mol. The number of fused-ring (bicyclic) bond motifs is 3. The van der Waals surface area contributed by atoms with Crippen molar-refractivity contribution in [1.29, 1.82) is 10.5 Å². The van der Waals surface area contributed by atoms with E-state index in [4.69, 9.17) is 10.5 Å². The molecular formula is C12H20N4+2. The van der Waals surface area contributed by atoms with Crippen LogP contribution in [0.1, 0.15) is 12.8 Å². The first-order valence-corrected chi connectivity index (χ1v) is 6.18. The predicted octanol–water partition coefficient (Wildman–Crippen LogP) is 0.475. The first-order valence-electron chi connectivity index (χ1n) is 6.18. The van der Waals surface area contributed by atoms with Crippen LogP contribution in [0.3, 0.4) is 0 Å². The van der Waals surface area contributed by atoms with Crippen molar-refractivity contribution in [1.82, 2.24) is 0 Å². The molecule has 0 aromatic heterocycles. The maximum Gasteiger partial charge on any atom is 0.129 e. The summed E-state index contributed by atoms with van der Waals surface area (Å²) in [6.45, 7) is 9.37. The third-order valence-electron chi connectivity index (χ3n) is 4.54. The summed E-state index contributed by atoms with van der Waals surface area (Å²) in [4.78, 5) is 0. The first-order chi connectivity index (χ1) is 7.74. The third kappa shape index (κ3) is 2.04. The highest BCUT2D eigenvalue weighted by molar-refractivity contribution is 4.73. The van der Waals surface area contributed by atoms with E-state index in [2.05, 4.69) is 12.1 Å². The highest BCUT2D eigenvalue weighted by atomic mass is 15.5. The van der Waals surface area contributed by atoms with E-state index in [1.54, 1.807) is 0 Å². The molecule has 3 heterocycles. The van der Waals surface area contributed by atoms with Crippen molar-refractivity contribution in [3.05, 3.63) is 0 Å². The Hall–Kier alpha value is -1.10. The lowest BCUT2D eigenvalue weighted by Crippen LogP contribution is -2.75. The zero-order chi connectivity index (χ0) is 11.5. The highest BCUT2D eigenvalue weighted by Crippen LogP contribution is 2.26. The van der Waals surface area contributed by atoms with Crippen LogP contribution >= 0.6 is 0 Å². The van der Waals surface area contributed by atoms with Crippen molar-refractivity contribution in [3.8, 4) is 12.1 Å². The van der Waals surface area contributed by atoms with Gasteiger partial charge in [-0.15, -0.1) is 0 Å². The molecule has 16 heavy (non-hydrogen) atoms. The quantitative estimate of drug-likeness (QED) is 0.647. The Morgan fingerprint density at radius 2 is 1.00 bits per heavy atom. The van der Waals surface area contributed by atoms with E-state index < -0.39 is 0 Å². The van der Waals surface area contributed by atoms with Crippen LogP contribution < -0.4 is 0 Å². The molecule has 3 aliphatic rings. The monoisotopic (exact) mass is 220 g/mol. The summed E-state index contributed by atoms with van der Waals surface area (Å²) in [5, 5.41) is 17.4. The van der Waals surface area contributed by atoms with E-state index in [0.29, 0.717) is 12.8 Å². The zero-order valence-electron chi connectivity index (χ0n) is 9.86. The predicted molar refractivity (Wildman–Crippen MR) is 59.9 cm³/mol. The van der Waals surface area contributed by atoms with Gasteiger partial charge in [0.05, 0.1) is 38.1 Å². The standard InChI is InChI=1S/C12H20N4/c13-3-1-5-15-7-10-16(11-8-15,12-9-15)6-2-4-14/h1-2,5-12H2/q+2. The molecule has 3 saturated heterocycles. The maximum atomic E-state index is 8.69. The summed E-state index contributed by atoms with van der Waals surface area (Å²) in [5.41, 5.74) is 0. The molecule has 2 bridgehead atoms. The van der Waals surface area contributed by atoms with Gasteiger partial charge in [-0.2, -0.15) is 10.5 Å². The van der Waals surface area contributed by atoms with Gasteiger partial charge in [-0.1, -0.05) is 0 Å². The molecule has 0 aliphatic carbocycles. The Bertz CT molecular complexity index is 277. The van der Waals surface area contributed by atoms with Crippen molar-refractivity contribution in [2.45, 2.75) is 12.8 Å². The van der Waals surface area contributed by atoms with Gasteiger partial charge in [0.25, 0.3) is 0 Å². The largest absolute Gasteiger partial charge is 0.309 e. The number of hydrogen-bond acceptors (Lipinski definition) is 2. The number of quaternary nitrogens is 2. The minimum Gasteiger partial charge on any atom is -0.309 e. The Labute approximate surface area is 97.5 Å². The molecule has 0 spiro atoms. The van der Waals surface area contributed by atoms with Gasteiger partial charge in [-0.25, -0.2) is 0 Å². The number of nitriles is 2. The molecule has 0 aromatic carbocycles. The van der Waals surface area contributed by atoms with Crippen LogP contribution in [-0.4, -0.2) is 61.3 Å². The highest BCUT2D eigenvalue weighted by Gasteiger charge is 2.48. The van der Waals surface area contributed by atoms with Crippen LogP contribution in [0, 0.1) is 22.7 Å². The Balaban J connectivity index is 1.93. The van der Waals surface area contributed by atoms with Crippen molar-refractivity contribution < 1.29 is 8.97 Å². The van der Waals surface area contributed by atoms with Gasteiger partial charge in [0, 0.05) is 0 Å². The van der Waals surface area contributed by atoms with Gasteiger partial charge in [0.15, 0.2) is 0 Å². The average Bonchev–Trinajstić information content (AvgIpc) is 2.37.